The van der Waals surface area contributed by atoms with Gasteiger partial charge in [0.15, 0.2) is 17.4 Å². The number of aromatic nitrogens is 5. The number of nitrogens with zero attached hydrogens (tertiary/aromatic N) is 4. The van der Waals surface area contributed by atoms with Crippen LogP contribution >= 0.6 is 7.60 Å². The van der Waals surface area contributed by atoms with Gasteiger partial charge in [-0.05, 0) is 34.0 Å². The van der Waals surface area contributed by atoms with Crippen LogP contribution in [-0.2, 0) is 29.7 Å². The average Bonchev–Trinajstić information content (AvgIpc) is 3.86. The van der Waals surface area contributed by atoms with Crippen molar-refractivity contribution in [2.24, 2.45) is 5.92 Å². The van der Waals surface area contributed by atoms with Gasteiger partial charge in [-0.2, -0.15) is 9.71 Å². The summed E-state index contributed by atoms with van der Waals surface area (Å²) in [6, 6.07) is 32.2. The van der Waals surface area contributed by atoms with Crippen molar-refractivity contribution in [2.45, 2.75) is 77.5 Å². The monoisotopic (exact) mass is 866 g/mol. The lowest BCUT2D eigenvalue weighted by atomic mass is 10.1. The number of amides is 1. The molecule has 0 radical (unpaired) electrons. The molecule has 6 aromatic rings. The van der Waals surface area contributed by atoms with E-state index in [1.54, 1.807) is 42.7 Å². The van der Waals surface area contributed by atoms with E-state index in [0.29, 0.717) is 22.7 Å². The molecule has 1 aliphatic rings. The summed E-state index contributed by atoms with van der Waals surface area (Å²) in [6.07, 6.45) is 1.09. The van der Waals surface area contributed by atoms with Crippen LogP contribution in [0.5, 0.6) is 11.5 Å². The van der Waals surface area contributed by atoms with E-state index in [2.05, 4.69) is 65.3 Å². The maximum absolute atomic E-state index is 14.9. The number of H-pyrrole nitrogens is 1. The lowest BCUT2D eigenvalue weighted by Crippen LogP contribution is -2.68. The predicted octanol–water partition coefficient (Wildman–Crippen LogP) is 6.47. The van der Waals surface area contributed by atoms with Crippen molar-refractivity contribution >= 4 is 49.3 Å². The van der Waals surface area contributed by atoms with Crippen molar-refractivity contribution in [1.29, 1.82) is 0 Å². The molecule has 15 nitrogen and oxygen atoms in total. The predicted molar refractivity (Wildman–Crippen MR) is 234 cm³/mol. The van der Waals surface area contributed by atoms with E-state index in [-0.39, 0.29) is 53.8 Å². The fourth-order valence-corrected chi connectivity index (χ4v) is 13.9. The van der Waals surface area contributed by atoms with Crippen molar-refractivity contribution in [3.8, 4) is 11.5 Å². The number of imidazole rings is 1. The Balaban J connectivity index is 1.28. The minimum Gasteiger partial charge on any atom is -0.618 e. The normalized spacial score (nSPS) is 17.9. The third-order valence-electron chi connectivity index (χ3n) is 10.7. The van der Waals surface area contributed by atoms with Gasteiger partial charge in [-0.15, -0.1) is 0 Å². The number of hydrogen-bond acceptors (Lipinski definition) is 11. The molecule has 1 fully saturated rings. The topological polar surface area (TPSA) is 183 Å². The van der Waals surface area contributed by atoms with Gasteiger partial charge in [0, 0.05) is 18.4 Å². The second-order valence-corrected chi connectivity index (χ2v) is 22.6. The maximum Gasteiger partial charge on any atom is 0.379 e. The first-order chi connectivity index (χ1) is 29.2. The molecule has 0 bridgehead atoms. The van der Waals surface area contributed by atoms with Crippen molar-refractivity contribution in [3.63, 3.8) is 0 Å². The third-order valence-corrected chi connectivity index (χ3v) is 17.6. The van der Waals surface area contributed by atoms with Crippen LogP contribution in [0.25, 0.3) is 11.2 Å². The number of anilines is 1. The minimum absolute atomic E-state index is 0.0146. The summed E-state index contributed by atoms with van der Waals surface area (Å²) < 4.78 is 49.3. The zero-order chi connectivity index (χ0) is 43.4. The molecule has 1 aliphatic heterocycles. The van der Waals surface area contributed by atoms with Gasteiger partial charge in [0.1, 0.15) is 24.3 Å². The summed E-state index contributed by atoms with van der Waals surface area (Å²) in [5.74, 6) is 0.0886. The van der Waals surface area contributed by atoms with Gasteiger partial charge in [0.25, 0.3) is 13.9 Å². The Kier molecular flexibility index (Phi) is 12.9. The molecule has 17 heteroatoms. The number of nitrogens with one attached hydrogen (secondary N) is 2. The van der Waals surface area contributed by atoms with Gasteiger partial charge in [-0.1, -0.05) is 113 Å². The van der Waals surface area contributed by atoms with Crippen molar-refractivity contribution in [3.05, 3.63) is 137 Å². The summed E-state index contributed by atoms with van der Waals surface area (Å²) in [5, 5.41) is 17.2. The highest BCUT2D eigenvalue weighted by molar-refractivity contribution is 7.54. The average molecular weight is 867 g/mol. The molecule has 3 aromatic heterocycles. The number of ether oxygens (including phenoxy) is 2. The number of carbonyl (C=O) groups excluding carboxylic acids is 1. The number of carbonyl (C=O) groups is 1. The molecule has 0 saturated carbocycles. The quantitative estimate of drug-likeness (QED) is 0.0471. The number of hydrogen-bond donors (Lipinski definition) is 2. The van der Waals surface area contributed by atoms with Crippen molar-refractivity contribution in [1.82, 2.24) is 19.5 Å². The van der Waals surface area contributed by atoms with E-state index in [0.717, 1.165) is 10.4 Å². The van der Waals surface area contributed by atoms with Gasteiger partial charge >= 0.3 is 7.60 Å². The molecule has 3 aromatic carbocycles. The molecule has 1 unspecified atom stereocenters. The van der Waals surface area contributed by atoms with Crippen LogP contribution in [0, 0.1) is 11.1 Å². The number of fused-ring (bicyclic) bond motifs is 1. The molecule has 0 aliphatic carbocycles. The first kappa shape index (κ1) is 43.4. The van der Waals surface area contributed by atoms with Crippen LogP contribution in [0.15, 0.2) is 120 Å². The molecular weight excluding hydrogens is 816 g/mol. The van der Waals surface area contributed by atoms with E-state index in [1.165, 1.54) is 31.8 Å². The number of methoxy groups -OCH3 is 1. The summed E-state index contributed by atoms with van der Waals surface area (Å²) in [4.78, 5) is 37.5. The molecule has 61 heavy (non-hydrogen) atoms. The number of aromatic amines is 1. The van der Waals surface area contributed by atoms with Gasteiger partial charge in [-0.25, -0.2) is 9.55 Å². The Bertz CT molecular complexity index is 2510. The Labute approximate surface area is 355 Å². The van der Waals surface area contributed by atoms with E-state index in [4.69, 9.17) is 22.9 Å². The van der Waals surface area contributed by atoms with Crippen LogP contribution in [-0.4, -0.2) is 59.2 Å². The van der Waals surface area contributed by atoms with Gasteiger partial charge < -0.3 is 23.6 Å². The fourth-order valence-electron chi connectivity index (χ4n) is 7.60. The van der Waals surface area contributed by atoms with Crippen LogP contribution in [0.2, 0.25) is 5.04 Å². The Morgan fingerprint density at radius 2 is 1.66 bits per heavy atom. The summed E-state index contributed by atoms with van der Waals surface area (Å²) in [7, 11) is -5.71. The lowest BCUT2D eigenvalue weighted by Gasteiger charge is -2.45. The Hall–Kier alpha value is -5.64. The largest absolute Gasteiger partial charge is 0.618 e. The fraction of sp³-hybridized carbons (Fsp3) is 0.341. The molecule has 320 valence electrons. The van der Waals surface area contributed by atoms with E-state index in [9.17, 15) is 19.4 Å². The molecule has 4 atom stereocenters. The third kappa shape index (κ3) is 9.48. The first-order valence-electron chi connectivity index (χ1n) is 20.2. The van der Waals surface area contributed by atoms with Gasteiger partial charge in [0.05, 0.1) is 37.9 Å². The zero-order valence-electron chi connectivity index (χ0n) is 35.0. The highest BCUT2D eigenvalue weighted by atomic mass is 31.2. The second kappa shape index (κ2) is 18.1. The smallest absolute Gasteiger partial charge is 0.379 e. The lowest BCUT2D eigenvalue weighted by molar-refractivity contribution is -0.616. The summed E-state index contributed by atoms with van der Waals surface area (Å²) in [6.45, 7) is 9.71. The SMILES string of the molecule is COc1cc[n+]([O-])c(COP(=O)(CC[C@H]2O[C@@H](n3cnc4c(=O)[nH]c(NC(=O)C(C)C)nc43)C[C@@H]2O[Si](c2ccccc2)(c2ccccc2)C(C)(C)C)Oc2ccccc2)c1. The van der Waals surface area contributed by atoms with Crippen LogP contribution < -0.4 is 35.2 Å². The highest BCUT2D eigenvalue weighted by Crippen LogP contribution is 2.51. The summed E-state index contributed by atoms with van der Waals surface area (Å²) in [5.41, 5.74) is -0.0616. The van der Waals surface area contributed by atoms with Crippen LogP contribution in [0.1, 0.15) is 59.4 Å². The number of rotatable bonds is 16. The molecule has 4 heterocycles. The minimum atomic E-state index is -4.02. The number of pyridine rings is 1. The van der Waals surface area contributed by atoms with Gasteiger partial charge in [-0.3, -0.25) is 29.0 Å². The van der Waals surface area contributed by atoms with Crippen LogP contribution in [0.4, 0.5) is 5.95 Å². The Morgan fingerprint density at radius 3 is 2.26 bits per heavy atom. The number of para-hydroxylation sites is 1. The molecule has 0 spiro atoms. The number of benzene rings is 3. The van der Waals surface area contributed by atoms with E-state index < -0.39 is 44.9 Å². The van der Waals surface area contributed by atoms with Crippen molar-refractivity contribution in [2.75, 3.05) is 18.6 Å². The van der Waals surface area contributed by atoms with Crippen LogP contribution in [0.3, 0.4) is 0 Å². The summed E-state index contributed by atoms with van der Waals surface area (Å²) >= 11 is 0. The standard InChI is InChI=1S/C44H51N6O9PSi/c1-30(2)41(51)47-43-46-40-39(42(52)48-43)45-29-49(40)38-27-37(59-61(44(3,4)5,34-18-12-8-13-19-34)35-20-14-9-15-21-35)36(57-38)23-25-60(54,58-32-16-10-7-11-17-32)56-28-31-26-33(55-6)22-24-50(31)53/h7-22,24,26,29-30,36-38H,23,25,27-28H2,1-6H3,(H2,46,47,48,51,52)/t36-,37+,38-,60?/m1/s1. The maximum atomic E-state index is 14.9. The molecule has 1 amide bonds. The zero-order valence-corrected chi connectivity index (χ0v) is 36.9. The van der Waals surface area contributed by atoms with Crippen molar-refractivity contribution < 1.29 is 37.0 Å². The highest BCUT2D eigenvalue weighted by Gasteiger charge is 2.54. The molecule has 1 saturated heterocycles. The van der Waals surface area contributed by atoms with Gasteiger partial charge in [0.2, 0.25) is 17.5 Å². The second-order valence-electron chi connectivity index (χ2n) is 16.3. The van der Waals surface area contributed by atoms with E-state index in [1.807, 2.05) is 42.5 Å². The molecule has 7 rings (SSSR count). The molecule has 2 N–H and O–H groups in total. The van der Waals surface area contributed by atoms with E-state index >= 15 is 0 Å². The first-order valence-corrected chi connectivity index (χ1v) is 23.8. The Morgan fingerprint density at radius 1 is 1.02 bits per heavy atom. The molecular formula is C44H51N6O9PSi.